The first-order valence-electron chi connectivity index (χ1n) is 9.42. The molecule has 0 heterocycles. The van der Waals surface area contributed by atoms with E-state index >= 15 is 0 Å². The molecule has 2 aromatic carbocycles. The van der Waals surface area contributed by atoms with Gasteiger partial charge in [0.05, 0.1) is 17.2 Å². The third-order valence-electron chi connectivity index (χ3n) is 4.61. The summed E-state index contributed by atoms with van der Waals surface area (Å²) >= 11 is 0. The molecule has 2 rings (SSSR count). The lowest BCUT2D eigenvalue weighted by Gasteiger charge is -2.29. The molecule has 160 valence electrons. The van der Waals surface area contributed by atoms with E-state index in [1.165, 1.54) is 31.2 Å². The van der Waals surface area contributed by atoms with Gasteiger partial charge < -0.3 is 20.7 Å². The quantitative estimate of drug-likeness (QED) is 0.668. The van der Waals surface area contributed by atoms with Gasteiger partial charge in [-0.25, -0.2) is 8.78 Å². The average molecular weight is 408 g/mol. The Bertz CT molecular complexity index is 776. The SMILES string of the molecule is CC(=O)C[C@H](c1ccc(F)cc1)C(C)(C)O.CC(C)(O)[C@H](N)c1ccc(F)cc1. The molecule has 0 fully saturated rings. The van der Waals surface area contributed by atoms with Crippen molar-refractivity contribution in [3.63, 3.8) is 0 Å². The molecule has 2 aromatic rings. The zero-order chi connectivity index (χ0) is 22.4. The van der Waals surface area contributed by atoms with E-state index in [1.54, 1.807) is 52.0 Å². The van der Waals surface area contributed by atoms with Crippen LogP contribution in [0.1, 0.15) is 64.1 Å². The summed E-state index contributed by atoms with van der Waals surface area (Å²) in [5, 5.41) is 19.6. The second-order valence-corrected chi connectivity index (χ2v) is 8.35. The summed E-state index contributed by atoms with van der Waals surface area (Å²) in [6, 6.07) is 11.2. The molecule has 0 aliphatic rings. The van der Waals surface area contributed by atoms with E-state index in [-0.39, 0.29) is 29.8 Å². The molecule has 4 nitrogen and oxygen atoms in total. The molecular formula is C23H31F2NO3. The second-order valence-electron chi connectivity index (χ2n) is 8.35. The van der Waals surface area contributed by atoms with Crippen molar-refractivity contribution in [1.29, 1.82) is 0 Å². The summed E-state index contributed by atoms with van der Waals surface area (Å²) in [5.41, 5.74) is 5.28. The molecule has 2 atom stereocenters. The topological polar surface area (TPSA) is 83.5 Å². The van der Waals surface area contributed by atoms with Crippen molar-refractivity contribution >= 4 is 5.78 Å². The highest BCUT2D eigenvalue weighted by atomic mass is 19.1. The van der Waals surface area contributed by atoms with Gasteiger partial charge >= 0.3 is 0 Å². The van der Waals surface area contributed by atoms with Gasteiger partial charge in [0.2, 0.25) is 0 Å². The van der Waals surface area contributed by atoms with E-state index in [4.69, 9.17) is 5.73 Å². The minimum Gasteiger partial charge on any atom is -0.390 e. The van der Waals surface area contributed by atoms with Gasteiger partial charge in [-0.1, -0.05) is 24.3 Å². The number of nitrogens with two attached hydrogens (primary N) is 1. The molecule has 4 N–H and O–H groups in total. The first kappa shape index (κ1) is 24.9. The zero-order valence-electron chi connectivity index (χ0n) is 17.6. The van der Waals surface area contributed by atoms with Crippen molar-refractivity contribution in [3.8, 4) is 0 Å². The molecule has 0 bridgehead atoms. The van der Waals surface area contributed by atoms with Crippen LogP contribution < -0.4 is 5.73 Å². The maximum absolute atomic E-state index is 12.8. The van der Waals surface area contributed by atoms with Crippen molar-refractivity contribution in [2.24, 2.45) is 5.73 Å². The van der Waals surface area contributed by atoms with Gasteiger partial charge in [0.1, 0.15) is 17.4 Å². The third kappa shape index (κ3) is 8.40. The largest absolute Gasteiger partial charge is 0.390 e. The minimum atomic E-state index is -0.997. The lowest BCUT2D eigenvalue weighted by molar-refractivity contribution is -0.118. The van der Waals surface area contributed by atoms with Crippen molar-refractivity contribution in [2.75, 3.05) is 0 Å². The molecular weight excluding hydrogens is 376 g/mol. The molecule has 29 heavy (non-hydrogen) atoms. The van der Waals surface area contributed by atoms with Crippen molar-refractivity contribution < 1.29 is 23.8 Å². The Hall–Kier alpha value is -2.15. The Morgan fingerprint density at radius 3 is 1.55 bits per heavy atom. The second kappa shape index (κ2) is 10.1. The van der Waals surface area contributed by atoms with E-state index in [1.807, 2.05) is 0 Å². The number of carbonyl (C=O) groups excluding carboxylic acids is 1. The van der Waals surface area contributed by atoms with Gasteiger partial charge in [-0.3, -0.25) is 0 Å². The fraction of sp³-hybridized carbons (Fsp3) is 0.435. The van der Waals surface area contributed by atoms with Crippen LogP contribution in [-0.4, -0.2) is 27.2 Å². The summed E-state index contributed by atoms with van der Waals surface area (Å²) in [4.78, 5) is 11.2. The van der Waals surface area contributed by atoms with Gasteiger partial charge in [-0.2, -0.15) is 0 Å². The van der Waals surface area contributed by atoms with Gasteiger partial charge in [0, 0.05) is 12.3 Å². The minimum absolute atomic E-state index is 0.0106. The molecule has 0 aromatic heterocycles. The van der Waals surface area contributed by atoms with E-state index in [2.05, 4.69) is 0 Å². The number of aliphatic hydroxyl groups is 2. The lowest BCUT2D eigenvalue weighted by Crippen LogP contribution is -2.34. The number of hydrogen-bond acceptors (Lipinski definition) is 4. The lowest BCUT2D eigenvalue weighted by atomic mass is 9.81. The van der Waals surface area contributed by atoms with E-state index in [0.29, 0.717) is 0 Å². The maximum Gasteiger partial charge on any atom is 0.130 e. The number of Topliss-reactive ketones (excluding diaryl/α,β-unsaturated/α-hetero) is 1. The van der Waals surface area contributed by atoms with Crippen LogP contribution in [0.4, 0.5) is 8.78 Å². The maximum atomic E-state index is 12.8. The van der Waals surface area contributed by atoms with Crippen LogP contribution >= 0.6 is 0 Å². The molecule has 0 radical (unpaired) electrons. The molecule has 0 aliphatic carbocycles. The molecule has 0 aliphatic heterocycles. The van der Waals surface area contributed by atoms with Crippen LogP contribution in [0.15, 0.2) is 48.5 Å². The Labute approximate surface area is 171 Å². The van der Waals surface area contributed by atoms with Gasteiger partial charge in [0.25, 0.3) is 0 Å². The summed E-state index contributed by atoms with van der Waals surface area (Å²) in [5.74, 6) is -0.908. The summed E-state index contributed by atoms with van der Waals surface area (Å²) in [6.07, 6.45) is 0.259. The van der Waals surface area contributed by atoms with Crippen LogP contribution in [0.5, 0.6) is 0 Å². The number of benzene rings is 2. The summed E-state index contributed by atoms with van der Waals surface area (Å²) in [6.45, 7) is 8.05. The van der Waals surface area contributed by atoms with E-state index < -0.39 is 17.2 Å². The van der Waals surface area contributed by atoms with Gasteiger partial charge in [0.15, 0.2) is 0 Å². The standard InChI is InChI=1S/C13H17FO2.C10H14FNO/c1-9(15)8-12(13(2,3)16)10-4-6-11(14)7-5-10;1-10(2,13)9(12)7-3-5-8(11)6-4-7/h4-7,12,16H,8H2,1-3H3;3-6,9,13H,12H2,1-2H3/t12-;9-/m11/s1. The van der Waals surface area contributed by atoms with Crippen molar-refractivity contribution in [1.82, 2.24) is 0 Å². The number of carbonyl (C=O) groups is 1. The number of ketones is 1. The van der Waals surface area contributed by atoms with Crippen LogP contribution in [0.2, 0.25) is 0 Å². The summed E-state index contributed by atoms with van der Waals surface area (Å²) in [7, 11) is 0. The van der Waals surface area contributed by atoms with Gasteiger partial charge in [-0.15, -0.1) is 0 Å². The highest BCUT2D eigenvalue weighted by Crippen LogP contribution is 2.31. The van der Waals surface area contributed by atoms with Crippen LogP contribution in [-0.2, 0) is 4.79 Å². The number of rotatable bonds is 6. The Morgan fingerprint density at radius 2 is 1.24 bits per heavy atom. The van der Waals surface area contributed by atoms with Gasteiger partial charge in [-0.05, 0) is 70.0 Å². The molecule has 0 unspecified atom stereocenters. The molecule has 0 amide bonds. The van der Waals surface area contributed by atoms with E-state index in [0.717, 1.165) is 11.1 Å². The number of halogens is 2. The first-order chi connectivity index (χ1) is 13.2. The van der Waals surface area contributed by atoms with Crippen molar-refractivity contribution in [2.45, 2.75) is 64.2 Å². The van der Waals surface area contributed by atoms with Crippen LogP contribution in [0, 0.1) is 11.6 Å². The third-order valence-corrected chi connectivity index (χ3v) is 4.61. The monoisotopic (exact) mass is 407 g/mol. The first-order valence-corrected chi connectivity index (χ1v) is 9.42. The normalized spacial score (nSPS) is 13.9. The fourth-order valence-corrected chi connectivity index (χ4v) is 2.84. The highest BCUT2D eigenvalue weighted by Gasteiger charge is 2.29. The average Bonchev–Trinajstić information content (AvgIpc) is 2.59. The smallest absolute Gasteiger partial charge is 0.130 e. The van der Waals surface area contributed by atoms with Crippen LogP contribution in [0.25, 0.3) is 0 Å². The summed E-state index contributed by atoms with van der Waals surface area (Å²) < 4.78 is 25.3. The predicted molar refractivity (Wildman–Crippen MR) is 110 cm³/mol. The zero-order valence-corrected chi connectivity index (χ0v) is 17.6. The van der Waals surface area contributed by atoms with Crippen molar-refractivity contribution in [3.05, 3.63) is 71.3 Å². The molecule has 0 spiro atoms. The number of hydrogen-bond donors (Lipinski definition) is 3. The Balaban J connectivity index is 0.000000296. The fourth-order valence-electron chi connectivity index (χ4n) is 2.84. The highest BCUT2D eigenvalue weighted by molar-refractivity contribution is 5.76. The molecule has 0 saturated carbocycles. The molecule has 0 saturated heterocycles. The van der Waals surface area contributed by atoms with Crippen LogP contribution in [0.3, 0.4) is 0 Å². The Kier molecular flexibility index (Phi) is 8.63. The predicted octanol–water partition coefficient (Wildman–Crippen LogP) is 4.26. The van der Waals surface area contributed by atoms with E-state index in [9.17, 15) is 23.8 Å². The Morgan fingerprint density at radius 1 is 0.862 bits per heavy atom. The molecule has 6 heteroatoms.